The lowest BCUT2D eigenvalue weighted by Gasteiger charge is -2.18. The molecule has 1 aromatic carbocycles. The number of oxazole rings is 1. The van der Waals surface area contributed by atoms with E-state index < -0.39 is 0 Å². The molecule has 8 heteroatoms. The third-order valence-electron chi connectivity index (χ3n) is 4.30. The van der Waals surface area contributed by atoms with E-state index in [1.54, 1.807) is 7.05 Å². The molecule has 1 amide bonds. The molecule has 3 rings (SSSR count). The number of aryl methyl sites for hydroxylation is 2. The average molecular weight is 469 g/mol. The maximum absolute atomic E-state index is 12.5. The number of para-hydroxylation sites is 1. The molecule has 0 fully saturated rings. The van der Waals surface area contributed by atoms with Gasteiger partial charge in [0.05, 0.1) is 18.8 Å². The molecule has 0 aliphatic carbocycles. The summed E-state index contributed by atoms with van der Waals surface area (Å²) in [6, 6.07) is 8.01. The minimum atomic E-state index is 0. The number of anilines is 1. The predicted molar refractivity (Wildman–Crippen MR) is 112 cm³/mol. The van der Waals surface area contributed by atoms with Crippen molar-refractivity contribution in [2.45, 2.75) is 26.8 Å². The molecule has 0 radical (unpaired) electrons. The van der Waals surface area contributed by atoms with Gasteiger partial charge in [0, 0.05) is 19.3 Å². The molecule has 7 nitrogen and oxygen atoms in total. The van der Waals surface area contributed by atoms with Crippen LogP contribution in [0.3, 0.4) is 0 Å². The number of halogens is 1. The van der Waals surface area contributed by atoms with Crippen molar-refractivity contribution in [2.24, 2.45) is 4.99 Å². The Morgan fingerprint density at radius 1 is 1.31 bits per heavy atom. The summed E-state index contributed by atoms with van der Waals surface area (Å²) in [5, 5.41) is 6.15. The molecule has 140 valence electrons. The van der Waals surface area contributed by atoms with E-state index in [2.05, 4.69) is 26.7 Å². The molecule has 0 spiro atoms. The molecule has 2 N–H and O–H groups in total. The predicted octanol–water partition coefficient (Wildman–Crippen LogP) is 2.16. The summed E-state index contributed by atoms with van der Waals surface area (Å²) in [7, 11) is 1.66. The van der Waals surface area contributed by atoms with E-state index in [-0.39, 0.29) is 36.4 Å². The van der Waals surface area contributed by atoms with Gasteiger partial charge in [0.2, 0.25) is 11.8 Å². The van der Waals surface area contributed by atoms with Gasteiger partial charge in [-0.25, -0.2) is 4.98 Å². The van der Waals surface area contributed by atoms with Gasteiger partial charge in [0.25, 0.3) is 0 Å². The maximum Gasteiger partial charge on any atom is 0.246 e. The molecule has 1 aliphatic heterocycles. The summed E-state index contributed by atoms with van der Waals surface area (Å²) >= 11 is 0. The van der Waals surface area contributed by atoms with Crippen molar-refractivity contribution in [3.8, 4) is 0 Å². The zero-order valence-electron chi connectivity index (χ0n) is 15.2. The largest absolute Gasteiger partial charge is 0.444 e. The number of aromatic nitrogens is 1. The second-order valence-corrected chi connectivity index (χ2v) is 5.95. The van der Waals surface area contributed by atoms with Crippen molar-refractivity contribution in [2.75, 3.05) is 25.0 Å². The molecule has 0 unspecified atom stereocenters. The second-order valence-electron chi connectivity index (χ2n) is 5.95. The van der Waals surface area contributed by atoms with Crippen LogP contribution in [0.4, 0.5) is 5.69 Å². The summed E-state index contributed by atoms with van der Waals surface area (Å²) in [6.07, 6.45) is 0.901. The van der Waals surface area contributed by atoms with Gasteiger partial charge in [0.15, 0.2) is 5.96 Å². The Bertz CT molecular complexity index is 783. The number of amides is 1. The van der Waals surface area contributed by atoms with Crippen molar-refractivity contribution in [3.63, 3.8) is 0 Å². The molecule has 26 heavy (non-hydrogen) atoms. The first-order valence-corrected chi connectivity index (χ1v) is 8.34. The Morgan fingerprint density at radius 2 is 2.08 bits per heavy atom. The smallest absolute Gasteiger partial charge is 0.246 e. The number of carbonyl (C=O) groups is 1. The molecule has 0 saturated carbocycles. The third kappa shape index (κ3) is 4.54. The van der Waals surface area contributed by atoms with Crippen LogP contribution in [0.25, 0.3) is 0 Å². The highest BCUT2D eigenvalue weighted by Gasteiger charge is 2.23. The van der Waals surface area contributed by atoms with Gasteiger partial charge >= 0.3 is 0 Å². The van der Waals surface area contributed by atoms with Crippen LogP contribution in [0.5, 0.6) is 0 Å². The van der Waals surface area contributed by atoms with Crippen LogP contribution in [-0.4, -0.2) is 37.0 Å². The number of nitrogens with zero attached hydrogens (tertiary/aromatic N) is 3. The fraction of sp³-hybridized carbons (Fsp3) is 0.389. The molecule has 1 aromatic heterocycles. The third-order valence-corrected chi connectivity index (χ3v) is 4.30. The van der Waals surface area contributed by atoms with Crippen LogP contribution in [0.2, 0.25) is 0 Å². The monoisotopic (exact) mass is 469 g/mol. The molecule has 0 bridgehead atoms. The molecule has 1 aliphatic rings. The van der Waals surface area contributed by atoms with Gasteiger partial charge in [-0.2, -0.15) is 0 Å². The molecular weight excluding hydrogens is 445 g/mol. The number of hydrogen-bond donors (Lipinski definition) is 2. The quantitative estimate of drug-likeness (QED) is 0.408. The lowest BCUT2D eigenvalue weighted by molar-refractivity contribution is -0.117. The summed E-state index contributed by atoms with van der Waals surface area (Å²) in [5.41, 5.74) is 3.10. The highest BCUT2D eigenvalue weighted by atomic mass is 127. The first-order valence-electron chi connectivity index (χ1n) is 8.34. The minimum absolute atomic E-state index is 0. The molecule has 2 heterocycles. The maximum atomic E-state index is 12.5. The lowest BCUT2D eigenvalue weighted by atomic mass is 10.2. The van der Waals surface area contributed by atoms with Gasteiger partial charge < -0.3 is 20.0 Å². The van der Waals surface area contributed by atoms with E-state index in [0.29, 0.717) is 18.4 Å². The van der Waals surface area contributed by atoms with E-state index in [1.807, 2.05) is 36.9 Å². The van der Waals surface area contributed by atoms with Crippen LogP contribution in [0, 0.1) is 13.8 Å². The zero-order valence-corrected chi connectivity index (χ0v) is 17.5. The van der Waals surface area contributed by atoms with Crippen LogP contribution in [-0.2, 0) is 17.8 Å². The van der Waals surface area contributed by atoms with Crippen LogP contribution < -0.4 is 15.5 Å². The normalized spacial score (nSPS) is 13.2. The molecule has 0 saturated heterocycles. The molecule has 2 aromatic rings. The summed E-state index contributed by atoms with van der Waals surface area (Å²) in [4.78, 5) is 22.8. The minimum Gasteiger partial charge on any atom is -0.444 e. The summed E-state index contributed by atoms with van der Waals surface area (Å²) in [5.74, 6) is 1.96. The van der Waals surface area contributed by atoms with Crippen molar-refractivity contribution in [1.29, 1.82) is 0 Å². The number of aliphatic imine (C=N–C) groups is 1. The fourth-order valence-corrected chi connectivity index (χ4v) is 2.85. The van der Waals surface area contributed by atoms with Gasteiger partial charge in [-0.05, 0) is 31.9 Å². The number of rotatable bonds is 4. The number of hydrogen-bond acceptors (Lipinski definition) is 4. The molecular formula is C18H24IN5O2. The second kappa shape index (κ2) is 9.02. The zero-order chi connectivity index (χ0) is 17.8. The Balaban J connectivity index is 0.00000243. The van der Waals surface area contributed by atoms with E-state index in [0.717, 1.165) is 30.1 Å². The number of carbonyl (C=O) groups excluding carboxylic acids is 1. The van der Waals surface area contributed by atoms with E-state index in [9.17, 15) is 4.79 Å². The Kier molecular flexibility index (Phi) is 7.01. The summed E-state index contributed by atoms with van der Waals surface area (Å²) in [6.45, 7) is 5.10. The standard InChI is InChI=1S/C18H23N5O2.HI/c1-12-13(2)25-16(22-12)10-20-18(19-3)21-11-17(24)23-9-8-14-6-4-5-7-15(14)23;/h4-7H,8-11H2,1-3H3,(H2,19,20,21);1H. The fourth-order valence-electron chi connectivity index (χ4n) is 2.85. The topological polar surface area (TPSA) is 82.8 Å². The molecule has 0 atom stereocenters. The van der Waals surface area contributed by atoms with E-state index >= 15 is 0 Å². The van der Waals surface area contributed by atoms with E-state index in [1.165, 1.54) is 5.56 Å². The van der Waals surface area contributed by atoms with Crippen molar-refractivity contribution < 1.29 is 9.21 Å². The lowest BCUT2D eigenvalue weighted by Crippen LogP contribution is -2.44. The number of benzene rings is 1. The average Bonchev–Trinajstić information content (AvgIpc) is 3.18. The Hall–Kier alpha value is -2.10. The van der Waals surface area contributed by atoms with Gasteiger partial charge in [0.1, 0.15) is 5.76 Å². The van der Waals surface area contributed by atoms with Crippen LogP contribution in [0.15, 0.2) is 33.7 Å². The van der Waals surface area contributed by atoms with Gasteiger partial charge in [-0.1, -0.05) is 18.2 Å². The van der Waals surface area contributed by atoms with Gasteiger partial charge in [-0.15, -0.1) is 24.0 Å². The summed E-state index contributed by atoms with van der Waals surface area (Å²) < 4.78 is 5.52. The van der Waals surface area contributed by atoms with Crippen molar-refractivity contribution in [3.05, 3.63) is 47.2 Å². The SMILES string of the molecule is CN=C(NCC(=O)N1CCc2ccccc21)NCc1nc(C)c(C)o1.I. The Labute approximate surface area is 170 Å². The highest BCUT2D eigenvalue weighted by Crippen LogP contribution is 2.27. The van der Waals surface area contributed by atoms with Crippen LogP contribution >= 0.6 is 24.0 Å². The highest BCUT2D eigenvalue weighted by molar-refractivity contribution is 14.0. The first-order chi connectivity index (χ1) is 12.1. The Morgan fingerprint density at radius 3 is 2.77 bits per heavy atom. The van der Waals surface area contributed by atoms with E-state index in [4.69, 9.17) is 4.42 Å². The number of nitrogens with one attached hydrogen (secondary N) is 2. The number of guanidine groups is 1. The first kappa shape index (κ1) is 20.2. The number of fused-ring (bicyclic) bond motifs is 1. The van der Waals surface area contributed by atoms with Crippen molar-refractivity contribution >= 4 is 41.5 Å². The van der Waals surface area contributed by atoms with Crippen LogP contribution in [0.1, 0.15) is 22.9 Å². The van der Waals surface area contributed by atoms with Gasteiger partial charge in [-0.3, -0.25) is 9.79 Å². The van der Waals surface area contributed by atoms with Crippen molar-refractivity contribution in [1.82, 2.24) is 15.6 Å².